The molecule has 0 spiro atoms. The molecule has 16 heavy (non-hydrogen) atoms. The quantitative estimate of drug-likeness (QED) is 0.820. The van der Waals surface area contributed by atoms with Crippen LogP contribution in [-0.2, 0) is 4.74 Å². The molecule has 0 radical (unpaired) electrons. The number of ether oxygens (including phenoxy) is 1. The first-order chi connectivity index (χ1) is 7.68. The SMILES string of the molecule is NC(=S)c1ccc(Cl)cc1N1CCOCC1. The maximum atomic E-state index is 6.00. The normalized spacial score (nSPS) is 16.2. The van der Waals surface area contributed by atoms with Crippen LogP contribution in [0.3, 0.4) is 0 Å². The molecule has 1 aromatic rings. The summed E-state index contributed by atoms with van der Waals surface area (Å²) in [5.41, 5.74) is 7.58. The Hall–Kier alpha value is -0.840. The van der Waals surface area contributed by atoms with Gasteiger partial charge in [-0.05, 0) is 18.2 Å². The molecule has 0 aliphatic carbocycles. The van der Waals surface area contributed by atoms with E-state index in [0.29, 0.717) is 10.0 Å². The molecule has 1 fully saturated rings. The average molecular weight is 257 g/mol. The van der Waals surface area contributed by atoms with Crippen molar-refractivity contribution >= 4 is 34.5 Å². The summed E-state index contributed by atoms with van der Waals surface area (Å²) in [6.45, 7) is 3.14. The topological polar surface area (TPSA) is 38.5 Å². The monoisotopic (exact) mass is 256 g/mol. The summed E-state index contributed by atoms with van der Waals surface area (Å²) in [6, 6.07) is 5.58. The molecule has 86 valence electrons. The lowest BCUT2D eigenvalue weighted by Crippen LogP contribution is -2.37. The van der Waals surface area contributed by atoms with Crippen molar-refractivity contribution in [2.24, 2.45) is 5.73 Å². The van der Waals surface area contributed by atoms with Gasteiger partial charge in [-0.25, -0.2) is 0 Å². The van der Waals surface area contributed by atoms with Crippen LogP contribution in [0.15, 0.2) is 18.2 Å². The molecule has 1 aliphatic rings. The van der Waals surface area contributed by atoms with Gasteiger partial charge >= 0.3 is 0 Å². The van der Waals surface area contributed by atoms with Crippen molar-refractivity contribution in [2.45, 2.75) is 0 Å². The molecule has 1 aromatic carbocycles. The minimum Gasteiger partial charge on any atom is -0.389 e. The predicted molar refractivity (Wildman–Crippen MR) is 70.4 cm³/mol. The zero-order valence-corrected chi connectivity index (χ0v) is 10.4. The van der Waals surface area contributed by atoms with Crippen molar-refractivity contribution < 1.29 is 4.74 Å². The van der Waals surface area contributed by atoms with E-state index in [9.17, 15) is 0 Å². The number of benzene rings is 1. The molecule has 1 saturated heterocycles. The Bertz CT molecular complexity index is 405. The molecule has 2 N–H and O–H groups in total. The van der Waals surface area contributed by atoms with Crippen molar-refractivity contribution in [3.63, 3.8) is 0 Å². The van der Waals surface area contributed by atoms with Crippen molar-refractivity contribution in [1.29, 1.82) is 0 Å². The molecule has 2 rings (SSSR count). The number of nitrogens with two attached hydrogens (primary N) is 1. The van der Waals surface area contributed by atoms with E-state index in [1.165, 1.54) is 0 Å². The lowest BCUT2D eigenvalue weighted by molar-refractivity contribution is 0.122. The number of halogens is 1. The van der Waals surface area contributed by atoms with Crippen molar-refractivity contribution in [2.75, 3.05) is 31.2 Å². The Morgan fingerprint density at radius 2 is 2.06 bits per heavy atom. The predicted octanol–water partition coefficient (Wildman–Crippen LogP) is 1.81. The van der Waals surface area contributed by atoms with E-state index in [2.05, 4.69) is 4.90 Å². The average Bonchev–Trinajstić information content (AvgIpc) is 2.29. The molecule has 0 bridgehead atoms. The van der Waals surface area contributed by atoms with Gasteiger partial charge in [-0.1, -0.05) is 23.8 Å². The van der Waals surface area contributed by atoms with Gasteiger partial charge in [-0.15, -0.1) is 0 Å². The number of anilines is 1. The third-order valence-corrected chi connectivity index (χ3v) is 3.03. The second-order valence-electron chi connectivity index (χ2n) is 3.63. The van der Waals surface area contributed by atoms with Crippen molar-refractivity contribution in [3.05, 3.63) is 28.8 Å². The van der Waals surface area contributed by atoms with Gasteiger partial charge in [-0.2, -0.15) is 0 Å². The minimum absolute atomic E-state index is 0.401. The largest absolute Gasteiger partial charge is 0.389 e. The highest BCUT2D eigenvalue weighted by Gasteiger charge is 2.16. The van der Waals surface area contributed by atoms with E-state index in [0.717, 1.165) is 37.6 Å². The van der Waals surface area contributed by atoms with Crippen LogP contribution < -0.4 is 10.6 Å². The summed E-state index contributed by atoms with van der Waals surface area (Å²) >= 11 is 11.0. The summed E-state index contributed by atoms with van der Waals surface area (Å²) < 4.78 is 5.31. The fourth-order valence-electron chi connectivity index (χ4n) is 1.78. The highest BCUT2D eigenvalue weighted by molar-refractivity contribution is 7.80. The number of morpholine rings is 1. The number of hydrogen-bond acceptors (Lipinski definition) is 3. The van der Waals surface area contributed by atoms with E-state index in [4.69, 9.17) is 34.3 Å². The van der Waals surface area contributed by atoms with Crippen LogP contribution in [-0.4, -0.2) is 31.3 Å². The van der Waals surface area contributed by atoms with Crippen LogP contribution in [0, 0.1) is 0 Å². The summed E-state index contributed by atoms with van der Waals surface area (Å²) in [5.74, 6) is 0. The van der Waals surface area contributed by atoms with Crippen LogP contribution in [0.1, 0.15) is 5.56 Å². The van der Waals surface area contributed by atoms with Crippen LogP contribution in [0.5, 0.6) is 0 Å². The second-order valence-corrected chi connectivity index (χ2v) is 4.50. The highest BCUT2D eigenvalue weighted by Crippen LogP contribution is 2.25. The van der Waals surface area contributed by atoms with E-state index >= 15 is 0 Å². The lowest BCUT2D eigenvalue weighted by Gasteiger charge is -2.30. The van der Waals surface area contributed by atoms with Crippen LogP contribution in [0.4, 0.5) is 5.69 Å². The van der Waals surface area contributed by atoms with Crippen molar-refractivity contribution in [1.82, 2.24) is 0 Å². The van der Waals surface area contributed by atoms with E-state index in [-0.39, 0.29) is 0 Å². The molecule has 0 unspecified atom stereocenters. The van der Waals surface area contributed by atoms with Gasteiger partial charge in [0.1, 0.15) is 4.99 Å². The first-order valence-electron chi connectivity index (χ1n) is 5.10. The highest BCUT2D eigenvalue weighted by atomic mass is 35.5. The van der Waals surface area contributed by atoms with E-state index < -0.39 is 0 Å². The third kappa shape index (κ3) is 2.45. The summed E-state index contributed by atoms with van der Waals surface area (Å²) in [7, 11) is 0. The van der Waals surface area contributed by atoms with Gasteiger partial charge in [0.05, 0.1) is 13.2 Å². The molecule has 0 atom stereocenters. The number of rotatable bonds is 2. The smallest absolute Gasteiger partial charge is 0.106 e. The summed E-state index contributed by atoms with van der Waals surface area (Å²) in [4.78, 5) is 2.60. The Balaban J connectivity index is 2.36. The number of thiocarbonyl (C=S) groups is 1. The first kappa shape index (κ1) is 11.6. The minimum atomic E-state index is 0.401. The van der Waals surface area contributed by atoms with Gasteiger partial charge in [0, 0.05) is 29.4 Å². The molecule has 1 heterocycles. The van der Waals surface area contributed by atoms with Gasteiger partial charge in [0.2, 0.25) is 0 Å². The summed E-state index contributed by atoms with van der Waals surface area (Å²) in [6.07, 6.45) is 0. The molecule has 0 aromatic heterocycles. The maximum Gasteiger partial charge on any atom is 0.106 e. The number of nitrogens with zero attached hydrogens (tertiary/aromatic N) is 1. The molecule has 0 amide bonds. The van der Waals surface area contributed by atoms with E-state index in [1.807, 2.05) is 12.1 Å². The Kier molecular flexibility index (Phi) is 3.63. The Morgan fingerprint density at radius 1 is 1.38 bits per heavy atom. The zero-order valence-electron chi connectivity index (χ0n) is 8.78. The molecule has 1 aliphatic heterocycles. The van der Waals surface area contributed by atoms with Crippen LogP contribution >= 0.6 is 23.8 Å². The molecular formula is C11H13ClN2OS. The standard InChI is InChI=1S/C11H13ClN2OS/c12-8-1-2-9(11(13)16)10(7-8)14-3-5-15-6-4-14/h1-2,7H,3-6H2,(H2,13,16). The van der Waals surface area contributed by atoms with Crippen LogP contribution in [0.2, 0.25) is 5.02 Å². The Morgan fingerprint density at radius 3 is 2.69 bits per heavy atom. The van der Waals surface area contributed by atoms with Gasteiger partial charge in [0.15, 0.2) is 0 Å². The molecular weight excluding hydrogens is 244 g/mol. The fourth-order valence-corrected chi connectivity index (χ4v) is 2.12. The van der Waals surface area contributed by atoms with Crippen molar-refractivity contribution in [3.8, 4) is 0 Å². The Labute approximate surface area is 105 Å². The van der Waals surface area contributed by atoms with Gasteiger partial charge in [-0.3, -0.25) is 0 Å². The fraction of sp³-hybridized carbons (Fsp3) is 0.364. The third-order valence-electron chi connectivity index (χ3n) is 2.58. The molecule has 5 heteroatoms. The summed E-state index contributed by atoms with van der Waals surface area (Å²) in [5, 5.41) is 0.696. The molecule has 3 nitrogen and oxygen atoms in total. The maximum absolute atomic E-state index is 6.00. The van der Waals surface area contributed by atoms with Crippen LogP contribution in [0.25, 0.3) is 0 Å². The first-order valence-corrected chi connectivity index (χ1v) is 5.89. The number of hydrogen-bond donors (Lipinski definition) is 1. The zero-order chi connectivity index (χ0) is 11.5. The van der Waals surface area contributed by atoms with Gasteiger partial charge < -0.3 is 15.4 Å². The second kappa shape index (κ2) is 4.99. The van der Waals surface area contributed by atoms with Gasteiger partial charge in [0.25, 0.3) is 0 Å². The lowest BCUT2D eigenvalue weighted by atomic mass is 10.1. The molecule has 0 saturated carbocycles. The van der Waals surface area contributed by atoms with E-state index in [1.54, 1.807) is 6.07 Å².